The molecule has 1 unspecified atom stereocenters. The number of hydrogen-bond donors (Lipinski definition) is 2. The predicted octanol–water partition coefficient (Wildman–Crippen LogP) is 3.27. The first kappa shape index (κ1) is 13.5. The van der Waals surface area contributed by atoms with Gasteiger partial charge in [0.15, 0.2) is 0 Å². The largest absolute Gasteiger partial charge is 0.497 e. The van der Waals surface area contributed by atoms with E-state index in [2.05, 4.69) is 33.5 Å². The minimum absolute atomic E-state index is 0.112. The minimum atomic E-state index is 0.112. The molecule has 0 saturated carbocycles. The van der Waals surface area contributed by atoms with Crippen molar-refractivity contribution in [3.05, 3.63) is 50.6 Å². The molecule has 1 atom stereocenters. The summed E-state index contributed by atoms with van der Waals surface area (Å²) in [4.78, 5) is 1.29. The Morgan fingerprint density at radius 1 is 1.28 bits per heavy atom. The summed E-state index contributed by atoms with van der Waals surface area (Å²) in [5.74, 6) is 6.50. The molecule has 0 spiro atoms. The van der Waals surface area contributed by atoms with Crippen molar-refractivity contribution in [3.8, 4) is 5.75 Å². The van der Waals surface area contributed by atoms with Crippen molar-refractivity contribution >= 4 is 27.3 Å². The number of nitrogens with one attached hydrogen (secondary N) is 1. The van der Waals surface area contributed by atoms with Crippen LogP contribution in [0.2, 0.25) is 0 Å². The van der Waals surface area contributed by atoms with Crippen molar-refractivity contribution in [2.75, 3.05) is 7.11 Å². The van der Waals surface area contributed by atoms with E-state index in [9.17, 15) is 0 Å². The fourth-order valence-electron chi connectivity index (χ4n) is 1.77. The van der Waals surface area contributed by atoms with Crippen LogP contribution >= 0.6 is 27.3 Å². The average molecular weight is 327 g/mol. The van der Waals surface area contributed by atoms with Gasteiger partial charge in [0.05, 0.1) is 16.9 Å². The van der Waals surface area contributed by atoms with Crippen molar-refractivity contribution in [3.63, 3.8) is 0 Å². The van der Waals surface area contributed by atoms with Gasteiger partial charge in [-0.1, -0.05) is 12.1 Å². The molecular weight excluding hydrogens is 312 g/mol. The fourth-order valence-corrected chi connectivity index (χ4v) is 3.30. The second kappa shape index (κ2) is 6.33. The highest BCUT2D eigenvalue weighted by molar-refractivity contribution is 9.11. The van der Waals surface area contributed by atoms with E-state index in [1.165, 1.54) is 4.88 Å². The molecule has 18 heavy (non-hydrogen) atoms. The van der Waals surface area contributed by atoms with Gasteiger partial charge in [-0.3, -0.25) is 11.3 Å². The Morgan fingerprint density at radius 2 is 2.00 bits per heavy atom. The Labute approximate surface area is 119 Å². The van der Waals surface area contributed by atoms with Crippen LogP contribution in [0.15, 0.2) is 40.2 Å². The number of hydrazine groups is 1. The summed E-state index contributed by atoms with van der Waals surface area (Å²) in [7, 11) is 1.66. The van der Waals surface area contributed by atoms with Gasteiger partial charge in [0.2, 0.25) is 0 Å². The molecule has 2 rings (SSSR count). The summed E-state index contributed by atoms with van der Waals surface area (Å²) in [5, 5.41) is 0. The van der Waals surface area contributed by atoms with Gasteiger partial charge in [0.25, 0.3) is 0 Å². The third kappa shape index (κ3) is 3.32. The van der Waals surface area contributed by atoms with Gasteiger partial charge in [-0.25, -0.2) is 0 Å². The molecule has 96 valence electrons. The van der Waals surface area contributed by atoms with E-state index in [1.807, 2.05) is 24.3 Å². The minimum Gasteiger partial charge on any atom is -0.497 e. The number of rotatable bonds is 5. The van der Waals surface area contributed by atoms with Gasteiger partial charge < -0.3 is 4.74 Å². The molecule has 5 heteroatoms. The van der Waals surface area contributed by atoms with Crippen molar-refractivity contribution in [1.82, 2.24) is 5.43 Å². The molecule has 0 bridgehead atoms. The van der Waals surface area contributed by atoms with Crippen LogP contribution in [-0.4, -0.2) is 7.11 Å². The number of methoxy groups -OCH3 is 1. The summed E-state index contributed by atoms with van der Waals surface area (Å²) in [6.07, 6.45) is 0.874. The van der Waals surface area contributed by atoms with Crippen LogP contribution in [0, 0.1) is 0 Å². The zero-order valence-corrected chi connectivity index (χ0v) is 12.4. The number of nitrogens with two attached hydrogens (primary N) is 1. The monoisotopic (exact) mass is 326 g/mol. The maximum Gasteiger partial charge on any atom is 0.118 e. The first-order valence-corrected chi connectivity index (χ1v) is 7.18. The molecule has 1 aromatic carbocycles. The van der Waals surface area contributed by atoms with Gasteiger partial charge in [-0.15, -0.1) is 11.3 Å². The lowest BCUT2D eigenvalue weighted by atomic mass is 10.0. The Kier molecular flexibility index (Phi) is 4.77. The molecule has 2 aromatic rings. The lowest BCUT2D eigenvalue weighted by molar-refractivity contribution is 0.414. The highest BCUT2D eigenvalue weighted by Gasteiger charge is 2.11. The Bertz CT molecular complexity index is 498. The quantitative estimate of drug-likeness (QED) is 0.654. The fraction of sp³-hybridized carbons (Fsp3) is 0.231. The Morgan fingerprint density at radius 3 is 2.50 bits per heavy atom. The average Bonchev–Trinajstić information content (AvgIpc) is 2.82. The SMILES string of the molecule is COc1ccc(C(Cc2ccc(Br)s2)NN)cc1. The number of benzene rings is 1. The highest BCUT2D eigenvalue weighted by Crippen LogP contribution is 2.27. The molecule has 0 aliphatic rings. The Balaban J connectivity index is 2.12. The predicted molar refractivity (Wildman–Crippen MR) is 78.8 cm³/mol. The second-order valence-electron chi connectivity index (χ2n) is 3.90. The molecule has 0 amide bonds. The summed E-state index contributed by atoms with van der Waals surface area (Å²) in [6, 6.07) is 12.2. The van der Waals surface area contributed by atoms with Crippen LogP contribution < -0.4 is 16.0 Å². The number of thiophene rings is 1. The molecule has 0 radical (unpaired) electrons. The molecule has 0 aliphatic heterocycles. The van der Waals surface area contributed by atoms with Gasteiger partial charge in [0, 0.05) is 11.3 Å². The van der Waals surface area contributed by atoms with Crippen molar-refractivity contribution in [2.45, 2.75) is 12.5 Å². The highest BCUT2D eigenvalue weighted by atomic mass is 79.9. The zero-order valence-electron chi connectivity index (χ0n) is 10.0. The summed E-state index contributed by atoms with van der Waals surface area (Å²) < 4.78 is 6.29. The maximum atomic E-state index is 5.64. The van der Waals surface area contributed by atoms with E-state index >= 15 is 0 Å². The lowest BCUT2D eigenvalue weighted by Gasteiger charge is -2.15. The standard InChI is InChI=1S/C13H15BrN2OS/c1-17-10-4-2-9(3-5-10)12(16-15)8-11-6-7-13(14)18-11/h2-7,12,16H,8,15H2,1H3. The molecule has 0 saturated heterocycles. The van der Waals surface area contributed by atoms with E-state index in [4.69, 9.17) is 10.6 Å². The van der Waals surface area contributed by atoms with Gasteiger partial charge >= 0.3 is 0 Å². The smallest absolute Gasteiger partial charge is 0.118 e. The van der Waals surface area contributed by atoms with Crippen LogP contribution in [0.1, 0.15) is 16.5 Å². The van der Waals surface area contributed by atoms with E-state index in [0.29, 0.717) is 0 Å². The van der Waals surface area contributed by atoms with Gasteiger partial charge in [-0.2, -0.15) is 0 Å². The number of halogens is 1. The molecule has 3 N–H and O–H groups in total. The number of hydrogen-bond acceptors (Lipinski definition) is 4. The van der Waals surface area contributed by atoms with Crippen molar-refractivity contribution in [2.24, 2.45) is 5.84 Å². The van der Waals surface area contributed by atoms with Crippen LogP contribution in [0.25, 0.3) is 0 Å². The topological polar surface area (TPSA) is 47.3 Å². The van der Waals surface area contributed by atoms with E-state index in [1.54, 1.807) is 18.4 Å². The molecule has 0 fully saturated rings. The van der Waals surface area contributed by atoms with Crippen LogP contribution in [0.5, 0.6) is 5.75 Å². The van der Waals surface area contributed by atoms with Crippen LogP contribution in [0.3, 0.4) is 0 Å². The first-order valence-electron chi connectivity index (χ1n) is 5.57. The van der Waals surface area contributed by atoms with Gasteiger partial charge in [-0.05, 0) is 45.8 Å². The number of ether oxygens (including phenoxy) is 1. The summed E-state index contributed by atoms with van der Waals surface area (Å²) in [5.41, 5.74) is 4.02. The van der Waals surface area contributed by atoms with E-state index in [-0.39, 0.29) is 6.04 Å². The van der Waals surface area contributed by atoms with Crippen LogP contribution in [-0.2, 0) is 6.42 Å². The second-order valence-corrected chi connectivity index (χ2v) is 6.45. The lowest BCUT2D eigenvalue weighted by Crippen LogP contribution is -2.29. The molecule has 1 aromatic heterocycles. The maximum absolute atomic E-state index is 5.64. The Hall–Kier alpha value is -0.880. The van der Waals surface area contributed by atoms with Crippen molar-refractivity contribution in [1.29, 1.82) is 0 Å². The zero-order chi connectivity index (χ0) is 13.0. The molecule has 1 heterocycles. The first-order chi connectivity index (χ1) is 8.72. The van der Waals surface area contributed by atoms with Gasteiger partial charge in [0.1, 0.15) is 5.75 Å². The van der Waals surface area contributed by atoms with Crippen LogP contribution in [0.4, 0.5) is 0 Å². The summed E-state index contributed by atoms with van der Waals surface area (Å²) in [6.45, 7) is 0. The van der Waals surface area contributed by atoms with Crippen molar-refractivity contribution < 1.29 is 4.74 Å². The van der Waals surface area contributed by atoms with E-state index in [0.717, 1.165) is 21.5 Å². The molecule has 0 aliphatic carbocycles. The third-order valence-electron chi connectivity index (χ3n) is 2.75. The normalized spacial score (nSPS) is 12.4. The summed E-state index contributed by atoms with van der Waals surface area (Å²) >= 11 is 5.20. The molecule has 3 nitrogen and oxygen atoms in total. The molecular formula is C13H15BrN2OS. The third-order valence-corrected chi connectivity index (χ3v) is 4.40. The van der Waals surface area contributed by atoms with E-state index < -0.39 is 0 Å².